The Hall–Kier alpha value is -0.890. The third kappa shape index (κ3) is 2.11. The molecule has 3 rings (SSSR count). The number of hydrogen-bond donors (Lipinski definition) is 1. The van der Waals surface area contributed by atoms with Crippen molar-refractivity contribution in [1.82, 2.24) is 5.32 Å². The Morgan fingerprint density at radius 1 is 1.35 bits per heavy atom. The van der Waals surface area contributed by atoms with Gasteiger partial charge in [-0.15, -0.1) is 0 Å². The molecule has 2 fully saturated rings. The minimum absolute atomic E-state index is 0.00350. The minimum atomic E-state index is 0.00350. The highest BCUT2D eigenvalue weighted by Gasteiger charge is 2.41. The molecule has 0 aromatic heterocycles. The average Bonchev–Trinajstić information content (AvgIpc) is 3.18. The normalized spacial score (nSPS) is 21.6. The zero-order valence-corrected chi connectivity index (χ0v) is 10.6. The summed E-state index contributed by atoms with van der Waals surface area (Å²) in [5.41, 5.74) is 3.16. The number of aryl methyl sites for hydroxylation is 1. The van der Waals surface area contributed by atoms with Crippen molar-refractivity contribution < 1.29 is 4.39 Å². The first-order valence-corrected chi connectivity index (χ1v) is 6.62. The first-order chi connectivity index (χ1) is 8.10. The van der Waals surface area contributed by atoms with Crippen LogP contribution < -0.4 is 5.32 Å². The van der Waals surface area contributed by atoms with Crippen LogP contribution in [0.4, 0.5) is 4.39 Å². The van der Waals surface area contributed by atoms with Crippen LogP contribution in [0.1, 0.15) is 49.3 Å². The lowest BCUT2D eigenvalue weighted by Gasteiger charge is -2.17. The molecule has 2 aliphatic rings. The molecular formula is C15H20FN. The summed E-state index contributed by atoms with van der Waals surface area (Å²) < 4.78 is 14.3. The molecule has 1 aromatic rings. The van der Waals surface area contributed by atoms with Crippen LogP contribution in [0.25, 0.3) is 0 Å². The highest BCUT2D eigenvalue weighted by atomic mass is 19.1. The first-order valence-electron chi connectivity index (χ1n) is 6.62. The molecule has 1 nitrogen and oxygen atoms in total. The van der Waals surface area contributed by atoms with Crippen LogP contribution >= 0.6 is 0 Å². The zero-order valence-electron chi connectivity index (χ0n) is 10.6. The summed E-state index contributed by atoms with van der Waals surface area (Å²) in [6, 6.07) is 4.69. The molecule has 0 saturated heterocycles. The standard InChI is InChI=1S/C15H20FN/c1-10-3-6-13(15(2)7-8-15)12(14(10)16)9-17-11-4-5-11/h3,6,11,17H,4-5,7-9H2,1-2H3. The van der Waals surface area contributed by atoms with Gasteiger partial charge in [-0.25, -0.2) is 4.39 Å². The van der Waals surface area contributed by atoms with E-state index in [1.165, 1.54) is 31.2 Å². The lowest BCUT2D eigenvalue weighted by Crippen LogP contribution is -2.20. The number of rotatable bonds is 4. The quantitative estimate of drug-likeness (QED) is 0.840. The van der Waals surface area contributed by atoms with Crippen LogP contribution in [0, 0.1) is 12.7 Å². The fraction of sp³-hybridized carbons (Fsp3) is 0.600. The predicted octanol–water partition coefficient (Wildman–Crippen LogP) is 3.44. The van der Waals surface area contributed by atoms with Crippen molar-refractivity contribution in [3.05, 3.63) is 34.6 Å². The average molecular weight is 233 g/mol. The number of benzene rings is 1. The SMILES string of the molecule is Cc1ccc(C2(C)CC2)c(CNC2CC2)c1F. The maximum Gasteiger partial charge on any atom is 0.130 e. The molecule has 0 bridgehead atoms. The van der Waals surface area contributed by atoms with E-state index in [0.717, 1.165) is 11.1 Å². The van der Waals surface area contributed by atoms with Gasteiger partial charge < -0.3 is 5.32 Å². The largest absolute Gasteiger partial charge is 0.310 e. The van der Waals surface area contributed by atoms with Crippen molar-refractivity contribution in [3.8, 4) is 0 Å². The van der Waals surface area contributed by atoms with E-state index in [1.807, 2.05) is 13.0 Å². The maximum absolute atomic E-state index is 14.3. The van der Waals surface area contributed by atoms with Gasteiger partial charge in [0, 0.05) is 18.2 Å². The minimum Gasteiger partial charge on any atom is -0.310 e. The van der Waals surface area contributed by atoms with E-state index in [-0.39, 0.29) is 11.2 Å². The second kappa shape index (κ2) is 3.81. The van der Waals surface area contributed by atoms with E-state index >= 15 is 0 Å². The number of hydrogen-bond acceptors (Lipinski definition) is 1. The van der Waals surface area contributed by atoms with Crippen molar-refractivity contribution in [3.63, 3.8) is 0 Å². The fourth-order valence-electron chi connectivity index (χ4n) is 2.47. The Morgan fingerprint density at radius 3 is 2.65 bits per heavy atom. The Morgan fingerprint density at radius 2 is 2.06 bits per heavy atom. The van der Waals surface area contributed by atoms with Gasteiger partial charge in [-0.3, -0.25) is 0 Å². The number of nitrogens with one attached hydrogen (secondary N) is 1. The van der Waals surface area contributed by atoms with Crippen LogP contribution in [-0.4, -0.2) is 6.04 Å². The van der Waals surface area contributed by atoms with Crippen LogP contribution in [0.2, 0.25) is 0 Å². The summed E-state index contributed by atoms with van der Waals surface area (Å²) in [5.74, 6) is 0.00350. The molecule has 0 spiro atoms. The predicted molar refractivity (Wildman–Crippen MR) is 67.6 cm³/mol. The molecule has 0 aliphatic heterocycles. The molecule has 92 valence electrons. The summed E-state index contributed by atoms with van der Waals surface area (Å²) in [5, 5.41) is 3.44. The summed E-state index contributed by atoms with van der Waals surface area (Å²) in [6.45, 7) is 4.80. The van der Waals surface area contributed by atoms with Crippen LogP contribution in [0.3, 0.4) is 0 Å². The molecule has 17 heavy (non-hydrogen) atoms. The van der Waals surface area contributed by atoms with Gasteiger partial charge >= 0.3 is 0 Å². The lowest BCUT2D eigenvalue weighted by atomic mass is 9.91. The van der Waals surface area contributed by atoms with Gasteiger partial charge in [-0.05, 0) is 49.1 Å². The van der Waals surface area contributed by atoms with Gasteiger partial charge in [0.1, 0.15) is 5.82 Å². The Balaban J connectivity index is 1.92. The second-order valence-electron chi connectivity index (χ2n) is 5.94. The third-order valence-corrected chi connectivity index (χ3v) is 4.23. The molecule has 1 N–H and O–H groups in total. The number of halogens is 1. The third-order valence-electron chi connectivity index (χ3n) is 4.23. The Bertz CT molecular complexity index is 444. The molecule has 0 atom stereocenters. The highest BCUT2D eigenvalue weighted by Crippen LogP contribution is 2.49. The van der Waals surface area contributed by atoms with Gasteiger partial charge in [0.2, 0.25) is 0 Å². The molecular weight excluding hydrogens is 213 g/mol. The fourth-order valence-corrected chi connectivity index (χ4v) is 2.47. The van der Waals surface area contributed by atoms with Gasteiger partial charge in [0.25, 0.3) is 0 Å². The summed E-state index contributed by atoms with van der Waals surface area (Å²) in [6.07, 6.45) is 4.90. The van der Waals surface area contributed by atoms with Crippen molar-refractivity contribution in [1.29, 1.82) is 0 Å². The van der Waals surface area contributed by atoms with E-state index in [9.17, 15) is 4.39 Å². The van der Waals surface area contributed by atoms with Crippen LogP contribution in [0.15, 0.2) is 12.1 Å². The highest BCUT2D eigenvalue weighted by molar-refractivity contribution is 5.41. The van der Waals surface area contributed by atoms with Crippen molar-refractivity contribution in [2.45, 2.75) is 57.5 Å². The van der Waals surface area contributed by atoms with Crippen LogP contribution in [-0.2, 0) is 12.0 Å². The molecule has 0 amide bonds. The first kappa shape index (κ1) is 11.2. The second-order valence-corrected chi connectivity index (χ2v) is 5.94. The lowest BCUT2D eigenvalue weighted by molar-refractivity contribution is 0.567. The van der Waals surface area contributed by atoms with Gasteiger partial charge in [-0.1, -0.05) is 19.1 Å². The molecule has 0 unspecified atom stereocenters. The molecule has 0 radical (unpaired) electrons. The molecule has 2 heteroatoms. The van der Waals surface area contributed by atoms with E-state index in [1.54, 1.807) is 0 Å². The molecule has 2 aliphatic carbocycles. The van der Waals surface area contributed by atoms with E-state index in [2.05, 4.69) is 18.3 Å². The van der Waals surface area contributed by atoms with Gasteiger partial charge in [-0.2, -0.15) is 0 Å². The van der Waals surface area contributed by atoms with E-state index in [4.69, 9.17) is 0 Å². The summed E-state index contributed by atoms with van der Waals surface area (Å²) in [4.78, 5) is 0. The van der Waals surface area contributed by atoms with Crippen molar-refractivity contribution in [2.24, 2.45) is 0 Å². The van der Waals surface area contributed by atoms with Gasteiger partial charge in [0.05, 0.1) is 0 Å². The van der Waals surface area contributed by atoms with Gasteiger partial charge in [0.15, 0.2) is 0 Å². The van der Waals surface area contributed by atoms with E-state index < -0.39 is 0 Å². The molecule has 2 saturated carbocycles. The van der Waals surface area contributed by atoms with Crippen molar-refractivity contribution in [2.75, 3.05) is 0 Å². The topological polar surface area (TPSA) is 12.0 Å². The smallest absolute Gasteiger partial charge is 0.130 e. The monoisotopic (exact) mass is 233 g/mol. The summed E-state index contributed by atoms with van der Waals surface area (Å²) >= 11 is 0. The summed E-state index contributed by atoms with van der Waals surface area (Å²) in [7, 11) is 0. The van der Waals surface area contributed by atoms with Crippen LogP contribution in [0.5, 0.6) is 0 Å². The Kier molecular flexibility index (Phi) is 2.51. The molecule has 1 aromatic carbocycles. The maximum atomic E-state index is 14.3. The Labute approximate surface area is 102 Å². The molecule has 0 heterocycles. The van der Waals surface area contributed by atoms with Crippen molar-refractivity contribution >= 4 is 0 Å². The zero-order chi connectivity index (χ0) is 12.0. The van der Waals surface area contributed by atoms with E-state index in [0.29, 0.717) is 12.6 Å².